The Kier molecular flexibility index (Phi) is 4.11. The second-order valence-electron chi connectivity index (χ2n) is 4.76. The molecule has 0 saturated heterocycles. The number of hydrogen-bond donors (Lipinski definition) is 2. The molecule has 5 nitrogen and oxygen atoms in total. The van der Waals surface area contributed by atoms with E-state index in [1.165, 1.54) is 18.2 Å². The molecule has 2 aromatic rings. The third-order valence-electron chi connectivity index (χ3n) is 3.16. The molecule has 0 spiro atoms. The molecule has 3 N–H and O–H groups in total. The topological polar surface area (TPSA) is 89.3 Å². The Morgan fingerprint density at radius 3 is 2.14 bits per heavy atom. The van der Waals surface area contributed by atoms with Crippen LogP contribution in [0.1, 0.15) is 21.5 Å². The van der Waals surface area contributed by atoms with Crippen LogP contribution in [0.25, 0.3) is 0 Å². The van der Waals surface area contributed by atoms with Crippen molar-refractivity contribution in [2.45, 2.75) is 18.7 Å². The Bertz CT molecular complexity index is 778. The van der Waals surface area contributed by atoms with Gasteiger partial charge in [-0.05, 0) is 37.1 Å². The van der Waals surface area contributed by atoms with E-state index in [1.54, 1.807) is 6.07 Å². The van der Waals surface area contributed by atoms with Gasteiger partial charge < -0.3 is 5.32 Å². The second kappa shape index (κ2) is 5.67. The van der Waals surface area contributed by atoms with Crippen LogP contribution in [0.5, 0.6) is 0 Å². The summed E-state index contributed by atoms with van der Waals surface area (Å²) in [5.74, 6) is -0.503. The highest BCUT2D eigenvalue weighted by Crippen LogP contribution is 2.22. The summed E-state index contributed by atoms with van der Waals surface area (Å²) in [6.07, 6.45) is 0. The molecule has 0 fully saturated rings. The lowest BCUT2D eigenvalue weighted by Crippen LogP contribution is -2.20. The Morgan fingerprint density at radius 1 is 1.00 bits per heavy atom. The van der Waals surface area contributed by atoms with Gasteiger partial charge >= 0.3 is 0 Å². The Balaban J connectivity index is 2.43. The van der Waals surface area contributed by atoms with E-state index in [0.717, 1.165) is 11.1 Å². The number of anilines is 1. The van der Waals surface area contributed by atoms with E-state index in [2.05, 4.69) is 5.32 Å². The molecule has 0 atom stereocenters. The van der Waals surface area contributed by atoms with Gasteiger partial charge in [-0.1, -0.05) is 30.3 Å². The number of aryl methyl sites for hydroxylation is 2. The molecule has 2 rings (SSSR count). The fourth-order valence-corrected chi connectivity index (χ4v) is 2.83. The van der Waals surface area contributed by atoms with Crippen LogP contribution in [0.4, 0.5) is 5.69 Å². The summed E-state index contributed by atoms with van der Waals surface area (Å²) < 4.78 is 23.1. The highest BCUT2D eigenvalue weighted by molar-refractivity contribution is 7.89. The Morgan fingerprint density at radius 2 is 1.57 bits per heavy atom. The normalized spacial score (nSPS) is 11.2. The van der Waals surface area contributed by atoms with Gasteiger partial charge in [0.25, 0.3) is 5.91 Å². The van der Waals surface area contributed by atoms with Crippen molar-refractivity contribution in [3.05, 3.63) is 59.2 Å². The zero-order valence-corrected chi connectivity index (χ0v) is 12.6. The van der Waals surface area contributed by atoms with Gasteiger partial charge in [0.05, 0.1) is 10.5 Å². The lowest BCUT2D eigenvalue weighted by Gasteiger charge is -2.13. The molecule has 6 heteroatoms. The van der Waals surface area contributed by atoms with Crippen LogP contribution < -0.4 is 10.5 Å². The number of benzene rings is 2. The fourth-order valence-electron chi connectivity index (χ4n) is 2.09. The summed E-state index contributed by atoms with van der Waals surface area (Å²) in [5.41, 5.74) is 2.50. The standard InChI is InChI=1S/C15H16N2O3S/c1-10-6-5-7-11(2)14(10)17-15(18)12-8-3-4-9-13(12)21(16,19)20/h3-9H,1-2H3,(H,17,18)(H2,16,19,20). The number of rotatable bonds is 3. The van der Waals surface area contributed by atoms with Crippen LogP contribution in [-0.2, 0) is 10.0 Å². The van der Waals surface area contributed by atoms with Gasteiger partial charge in [0, 0.05) is 5.69 Å². The third kappa shape index (κ3) is 3.29. The summed E-state index contributed by atoms with van der Waals surface area (Å²) in [5, 5.41) is 7.89. The van der Waals surface area contributed by atoms with Crippen LogP contribution >= 0.6 is 0 Å². The third-order valence-corrected chi connectivity index (χ3v) is 4.13. The molecule has 0 heterocycles. The molecule has 21 heavy (non-hydrogen) atoms. The number of carbonyl (C=O) groups is 1. The Hall–Kier alpha value is -2.18. The van der Waals surface area contributed by atoms with Crippen molar-refractivity contribution in [2.24, 2.45) is 5.14 Å². The number of hydrogen-bond acceptors (Lipinski definition) is 3. The summed E-state index contributed by atoms with van der Waals surface area (Å²) >= 11 is 0. The highest BCUT2D eigenvalue weighted by Gasteiger charge is 2.19. The monoisotopic (exact) mass is 304 g/mol. The van der Waals surface area contributed by atoms with E-state index >= 15 is 0 Å². The molecule has 0 aliphatic heterocycles. The van der Waals surface area contributed by atoms with E-state index in [9.17, 15) is 13.2 Å². The van der Waals surface area contributed by atoms with Crippen LogP contribution in [0.2, 0.25) is 0 Å². The molecule has 0 unspecified atom stereocenters. The number of sulfonamides is 1. The number of primary sulfonamides is 1. The smallest absolute Gasteiger partial charge is 0.257 e. The molecule has 1 amide bonds. The summed E-state index contributed by atoms with van der Waals surface area (Å²) in [6, 6.07) is 11.5. The minimum absolute atomic E-state index is 0.0302. The van der Waals surface area contributed by atoms with Crippen LogP contribution in [-0.4, -0.2) is 14.3 Å². The fraction of sp³-hybridized carbons (Fsp3) is 0.133. The molecular formula is C15H16N2O3S. The summed E-state index contributed by atoms with van der Waals surface area (Å²) in [6.45, 7) is 3.74. The van der Waals surface area contributed by atoms with Gasteiger partial charge in [-0.3, -0.25) is 4.79 Å². The minimum Gasteiger partial charge on any atom is -0.321 e. The van der Waals surface area contributed by atoms with E-state index in [0.29, 0.717) is 5.69 Å². The zero-order valence-electron chi connectivity index (χ0n) is 11.8. The van der Waals surface area contributed by atoms with Crippen molar-refractivity contribution in [1.82, 2.24) is 0 Å². The quantitative estimate of drug-likeness (QED) is 0.911. The van der Waals surface area contributed by atoms with E-state index in [4.69, 9.17) is 5.14 Å². The number of amides is 1. The van der Waals surface area contributed by atoms with Crippen molar-refractivity contribution in [3.8, 4) is 0 Å². The molecule has 0 saturated carbocycles. The average molecular weight is 304 g/mol. The SMILES string of the molecule is Cc1cccc(C)c1NC(=O)c1ccccc1S(N)(=O)=O. The van der Waals surface area contributed by atoms with Crippen molar-refractivity contribution in [3.63, 3.8) is 0 Å². The van der Waals surface area contributed by atoms with Crippen molar-refractivity contribution in [1.29, 1.82) is 0 Å². The minimum atomic E-state index is -3.95. The maximum absolute atomic E-state index is 12.4. The Labute approximate surface area is 123 Å². The molecule has 110 valence electrons. The molecule has 0 bridgehead atoms. The van der Waals surface area contributed by atoms with Crippen LogP contribution in [0.15, 0.2) is 47.4 Å². The predicted molar refractivity (Wildman–Crippen MR) is 81.7 cm³/mol. The largest absolute Gasteiger partial charge is 0.321 e. The van der Waals surface area contributed by atoms with E-state index < -0.39 is 15.9 Å². The van der Waals surface area contributed by atoms with Crippen molar-refractivity contribution < 1.29 is 13.2 Å². The van der Waals surface area contributed by atoms with Gasteiger partial charge in [-0.15, -0.1) is 0 Å². The lowest BCUT2D eigenvalue weighted by atomic mass is 10.1. The van der Waals surface area contributed by atoms with Gasteiger partial charge in [0.2, 0.25) is 10.0 Å². The van der Waals surface area contributed by atoms with E-state index in [1.807, 2.05) is 32.0 Å². The first-order valence-corrected chi connectivity index (χ1v) is 7.84. The maximum Gasteiger partial charge on any atom is 0.257 e. The lowest BCUT2D eigenvalue weighted by molar-refractivity contribution is 0.102. The molecule has 0 aliphatic rings. The summed E-state index contributed by atoms with van der Waals surface area (Å²) in [7, 11) is -3.95. The van der Waals surface area contributed by atoms with Gasteiger partial charge in [-0.2, -0.15) is 0 Å². The van der Waals surface area contributed by atoms with Crippen molar-refractivity contribution in [2.75, 3.05) is 5.32 Å². The highest BCUT2D eigenvalue weighted by atomic mass is 32.2. The van der Waals surface area contributed by atoms with Crippen LogP contribution in [0.3, 0.4) is 0 Å². The molecule has 0 aliphatic carbocycles. The molecular weight excluding hydrogens is 288 g/mol. The van der Waals surface area contributed by atoms with Crippen LogP contribution in [0, 0.1) is 13.8 Å². The number of carbonyl (C=O) groups excluding carboxylic acids is 1. The number of para-hydroxylation sites is 1. The number of nitrogens with two attached hydrogens (primary N) is 1. The second-order valence-corrected chi connectivity index (χ2v) is 6.29. The maximum atomic E-state index is 12.4. The molecule has 0 radical (unpaired) electrons. The molecule has 0 aromatic heterocycles. The first-order valence-electron chi connectivity index (χ1n) is 6.30. The summed E-state index contributed by atoms with van der Waals surface area (Å²) in [4.78, 5) is 12.2. The van der Waals surface area contributed by atoms with Crippen molar-refractivity contribution >= 4 is 21.6 Å². The van der Waals surface area contributed by atoms with Gasteiger partial charge in [-0.25, -0.2) is 13.6 Å². The van der Waals surface area contributed by atoms with E-state index in [-0.39, 0.29) is 10.5 Å². The zero-order chi connectivity index (χ0) is 15.6. The molecule has 2 aromatic carbocycles. The van der Waals surface area contributed by atoms with Gasteiger partial charge in [0.15, 0.2) is 0 Å². The first kappa shape index (κ1) is 15.2. The predicted octanol–water partition coefficient (Wildman–Crippen LogP) is 2.20. The number of nitrogens with one attached hydrogen (secondary N) is 1. The average Bonchev–Trinajstić information content (AvgIpc) is 2.42. The first-order chi connectivity index (χ1) is 9.80. The van der Waals surface area contributed by atoms with Gasteiger partial charge in [0.1, 0.15) is 0 Å².